The minimum atomic E-state index is -0.873. The van der Waals surface area contributed by atoms with E-state index in [0.717, 1.165) is 32.2 Å². The first kappa shape index (κ1) is 11.4. The highest BCUT2D eigenvalue weighted by molar-refractivity contribution is 5.87. The number of carbonyl (C=O) groups excluding carboxylic acids is 1. The van der Waals surface area contributed by atoms with Crippen LogP contribution in [-0.4, -0.2) is 47.1 Å². The highest BCUT2D eigenvalue weighted by Crippen LogP contribution is 2.20. The van der Waals surface area contributed by atoms with Crippen LogP contribution in [0.1, 0.15) is 32.1 Å². The van der Waals surface area contributed by atoms with Crippen LogP contribution in [-0.2, 0) is 9.59 Å². The molecule has 2 N–H and O–H groups in total. The van der Waals surface area contributed by atoms with E-state index in [1.807, 2.05) is 0 Å². The van der Waals surface area contributed by atoms with Gasteiger partial charge in [0, 0.05) is 6.54 Å². The van der Waals surface area contributed by atoms with Gasteiger partial charge in [0.05, 0.1) is 6.04 Å². The number of rotatable bonds is 2. The molecule has 1 amide bonds. The highest BCUT2D eigenvalue weighted by atomic mass is 16.4. The first-order valence-corrected chi connectivity index (χ1v) is 5.97. The van der Waals surface area contributed by atoms with Gasteiger partial charge in [-0.1, -0.05) is 6.42 Å². The minimum Gasteiger partial charge on any atom is -0.480 e. The number of amides is 1. The van der Waals surface area contributed by atoms with Crippen molar-refractivity contribution in [2.24, 2.45) is 0 Å². The molecule has 5 nitrogen and oxygen atoms in total. The normalized spacial score (nSPS) is 30.4. The Labute approximate surface area is 94.8 Å². The molecule has 0 radical (unpaired) electrons. The topological polar surface area (TPSA) is 69.6 Å². The van der Waals surface area contributed by atoms with Crippen molar-refractivity contribution in [2.75, 3.05) is 13.1 Å². The van der Waals surface area contributed by atoms with E-state index in [9.17, 15) is 9.59 Å². The average molecular weight is 226 g/mol. The van der Waals surface area contributed by atoms with Crippen LogP contribution in [0.25, 0.3) is 0 Å². The number of nitrogens with one attached hydrogen (secondary N) is 1. The van der Waals surface area contributed by atoms with Crippen molar-refractivity contribution in [2.45, 2.75) is 44.2 Å². The van der Waals surface area contributed by atoms with Crippen molar-refractivity contribution in [1.82, 2.24) is 10.2 Å². The molecule has 0 aromatic rings. The summed E-state index contributed by atoms with van der Waals surface area (Å²) in [4.78, 5) is 24.6. The molecule has 2 heterocycles. The van der Waals surface area contributed by atoms with Crippen molar-refractivity contribution in [1.29, 1.82) is 0 Å². The molecule has 2 fully saturated rings. The van der Waals surface area contributed by atoms with E-state index in [0.29, 0.717) is 13.0 Å². The molecule has 0 unspecified atom stereocenters. The number of nitrogens with zero attached hydrogens (tertiary/aromatic N) is 1. The molecule has 16 heavy (non-hydrogen) atoms. The van der Waals surface area contributed by atoms with Gasteiger partial charge in [0.1, 0.15) is 6.04 Å². The Bertz CT molecular complexity index is 287. The second kappa shape index (κ2) is 4.82. The molecule has 0 saturated carbocycles. The summed E-state index contributed by atoms with van der Waals surface area (Å²) >= 11 is 0. The summed E-state index contributed by atoms with van der Waals surface area (Å²) in [5, 5.41) is 12.2. The van der Waals surface area contributed by atoms with Gasteiger partial charge in [-0.15, -0.1) is 0 Å². The zero-order valence-corrected chi connectivity index (χ0v) is 9.32. The maximum atomic E-state index is 12.1. The smallest absolute Gasteiger partial charge is 0.326 e. The Morgan fingerprint density at radius 1 is 1.19 bits per heavy atom. The van der Waals surface area contributed by atoms with E-state index in [-0.39, 0.29) is 11.9 Å². The fourth-order valence-electron chi connectivity index (χ4n) is 2.55. The summed E-state index contributed by atoms with van der Waals surface area (Å²) < 4.78 is 0. The highest BCUT2D eigenvalue weighted by Gasteiger charge is 2.37. The number of carbonyl (C=O) groups is 2. The second-order valence-electron chi connectivity index (χ2n) is 4.53. The van der Waals surface area contributed by atoms with Crippen LogP contribution in [0.15, 0.2) is 0 Å². The van der Waals surface area contributed by atoms with Crippen LogP contribution in [0.2, 0.25) is 0 Å². The molecule has 2 aliphatic heterocycles. The van der Waals surface area contributed by atoms with E-state index in [2.05, 4.69) is 5.32 Å². The third kappa shape index (κ3) is 2.19. The van der Waals surface area contributed by atoms with E-state index >= 15 is 0 Å². The maximum Gasteiger partial charge on any atom is 0.326 e. The third-order valence-corrected chi connectivity index (χ3v) is 3.43. The second-order valence-corrected chi connectivity index (χ2v) is 4.53. The fraction of sp³-hybridized carbons (Fsp3) is 0.818. The van der Waals surface area contributed by atoms with Crippen LogP contribution in [0.5, 0.6) is 0 Å². The molecule has 2 aliphatic rings. The number of carboxylic acids is 1. The van der Waals surface area contributed by atoms with Crippen molar-refractivity contribution in [3.63, 3.8) is 0 Å². The van der Waals surface area contributed by atoms with Gasteiger partial charge in [-0.05, 0) is 32.2 Å². The largest absolute Gasteiger partial charge is 0.480 e. The SMILES string of the molecule is O=C(O)[C@H]1CCCN1C(=O)[C@H]1CCCCN1. The summed E-state index contributed by atoms with van der Waals surface area (Å²) in [6.07, 6.45) is 4.38. The number of likely N-dealkylation sites (tertiary alicyclic amines) is 1. The Hall–Kier alpha value is -1.10. The molecule has 0 bridgehead atoms. The maximum absolute atomic E-state index is 12.1. The van der Waals surface area contributed by atoms with Crippen LogP contribution in [0.4, 0.5) is 0 Å². The quantitative estimate of drug-likeness (QED) is 0.706. The van der Waals surface area contributed by atoms with Crippen molar-refractivity contribution >= 4 is 11.9 Å². The molecule has 2 rings (SSSR count). The monoisotopic (exact) mass is 226 g/mol. The van der Waals surface area contributed by atoms with Crippen molar-refractivity contribution in [3.8, 4) is 0 Å². The van der Waals surface area contributed by atoms with Gasteiger partial charge in [-0.25, -0.2) is 4.79 Å². The summed E-state index contributed by atoms with van der Waals surface area (Å²) in [6, 6.07) is -0.759. The summed E-state index contributed by atoms with van der Waals surface area (Å²) in [5.74, 6) is -0.897. The first-order chi connectivity index (χ1) is 7.70. The number of piperidine rings is 1. The number of carboxylic acid groups (broad SMARTS) is 1. The lowest BCUT2D eigenvalue weighted by molar-refractivity contribution is -0.149. The number of aliphatic carboxylic acids is 1. The lowest BCUT2D eigenvalue weighted by Crippen LogP contribution is -2.51. The van der Waals surface area contributed by atoms with Gasteiger partial charge in [0.25, 0.3) is 0 Å². The Balaban J connectivity index is 1.99. The van der Waals surface area contributed by atoms with Gasteiger partial charge in [0.15, 0.2) is 0 Å². The van der Waals surface area contributed by atoms with E-state index in [4.69, 9.17) is 5.11 Å². The molecule has 0 aromatic heterocycles. The van der Waals surface area contributed by atoms with Gasteiger partial charge in [0.2, 0.25) is 5.91 Å². The number of hydrogen-bond donors (Lipinski definition) is 2. The Morgan fingerprint density at radius 2 is 2.00 bits per heavy atom. The molecule has 0 aromatic carbocycles. The summed E-state index contributed by atoms with van der Waals surface area (Å²) in [6.45, 7) is 1.45. The first-order valence-electron chi connectivity index (χ1n) is 5.97. The lowest BCUT2D eigenvalue weighted by atomic mass is 10.0. The summed E-state index contributed by atoms with van der Waals surface area (Å²) in [7, 11) is 0. The van der Waals surface area contributed by atoms with Crippen LogP contribution < -0.4 is 5.32 Å². The van der Waals surface area contributed by atoms with Crippen LogP contribution in [0.3, 0.4) is 0 Å². The predicted octanol–water partition coefficient (Wildman–Crippen LogP) is 0.204. The van der Waals surface area contributed by atoms with Gasteiger partial charge in [-0.3, -0.25) is 4.79 Å². The van der Waals surface area contributed by atoms with Crippen molar-refractivity contribution < 1.29 is 14.7 Å². The van der Waals surface area contributed by atoms with Crippen LogP contribution >= 0.6 is 0 Å². The Morgan fingerprint density at radius 3 is 2.62 bits per heavy atom. The molecular weight excluding hydrogens is 208 g/mol. The predicted molar refractivity (Wildman–Crippen MR) is 58.0 cm³/mol. The number of hydrogen-bond acceptors (Lipinski definition) is 3. The molecule has 0 aliphatic carbocycles. The zero-order chi connectivity index (χ0) is 11.5. The zero-order valence-electron chi connectivity index (χ0n) is 9.32. The van der Waals surface area contributed by atoms with Gasteiger partial charge in [-0.2, -0.15) is 0 Å². The average Bonchev–Trinajstić information content (AvgIpc) is 2.78. The molecular formula is C11H18N2O3. The van der Waals surface area contributed by atoms with Gasteiger partial charge >= 0.3 is 5.97 Å². The molecule has 0 spiro atoms. The summed E-state index contributed by atoms with van der Waals surface area (Å²) in [5.41, 5.74) is 0. The fourth-order valence-corrected chi connectivity index (χ4v) is 2.55. The molecule has 2 atom stereocenters. The molecule has 2 saturated heterocycles. The standard InChI is InChI=1S/C11H18N2O3/c14-10(8-4-1-2-6-12-8)13-7-3-5-9(13)11(15)16/h8-9,12H,1-7H2,(H,15,16)/t8-,9-/m1/s1. The molecule has 5 heteroatoms. The van der Waals surface area contributed by atoms with Gasteiger partial charge < -0.3 is 15.3 Å². The van der Waals surface area contributed by atoms with Crippen molar-refractivity contribution in [3.05, 3.63) is 0 Å². The van der Waals surface area contributed by atoms with E-state index < -0.39 is 12.0 Å². The minimum absolute atomic E-state index is 0.0235. The lowest BCUT2D eigenvalue weighted by Gasteiger charge is -2.29. The van der Waals surface area contributed by atoms with E-state index in [1.165, 1.54) is 4.90 Å². The van der Waals surface area contributed by atoms with Crippen LogP contribution in [0, 0.1) is 0 Å². The van der Waals surface area contributed by atoms with E-state index in [1.54, 1.807) is 0 Å². The molecule has 90 valence electrons. The Kier molecular flexibility index (Phi) is 3.43. The third-order valence-electron chi connectivity index (χ3n) is 3.43.